The van der Waals surface area contributed by atoms with Gasteiger partial charge in [0.25, 0.3) is 5.56 Å². The summed E-state index contributed by atoms with van der Waals surface area (Å²) in [6.07, 6.45) is -1.03. The van der Waals surface area contributed by atoms with Crippen molar-refractivity contribution in [3.63, 3.8) is 0 Å². The van der Waals surface area contributed by atoms with Crippen molar-refractivity contribution in [2.45, 2.75) is 18.8 Å². The highest BCUT2D eigenvalue weighted by Gasteiger charge is 2.24. The molecule has 0 bridgehead atoms. The predicted octanol–water partition coefficient (Wildman–Crippen LogP) is -2.07. The van der Waals surface area contributed by atoms with E-state index in [9.17, 15) is 14.7 Å². The van der Waals surface area contributed by atoms with Gasteiger partial charge in [-0.05, 0) is 0 Å². The summed E-state index contributed by atoms with van der Waals surface area (Å²) in [5.74, 6) is -1.53. The van der Waals surface area contributed by atoms with Crippen LogP contribution in [0.1, 0.15) is 0 Å². The Hall–Kier alpha value is -2.26. The zero-order valence-corrected chi connectivity index (χ0v) is 9.02. The van der Waals surface area contributed by atoms with Crippen LogP contribution >= 0.6 is 0 Å². The van der Waals surface area contributed by atoms with Crippen molar-refractivity contribution in [1.82, 2.24) is 19.5 Å². The highest BCUT2D eigenvalue weighted by Crippen LogP contribution is 2.06. The lowest BCUT2D eigenvalue weighted by Gasteiger charge is -2.14. The number of nitrogens with zero attached hydrogens (tertiary/aromatic N) is 3. The number of imidazole rings is 1. The molecule has 2 heterocycles. The molecule has 2 atom stereocenters. The molecular formula is C9H10N4O5. The molecule has 0 saturated carbocycles. The van der Waals surface area contributed by atoms with Crippen LogP contribution < -0.4 is 5.56 Å². The average molecular weight is 254 g/mol. The highest BCUT2D eigenvalue weighted by molar-refractivity contribution is 5.73. The summed E-state index contributed by atoms with van der Waals surface area (Å²) in [5.41, 5.74) is -0.156. The molecule has 0 fully saturated rings. The summed E-state index contributed by atoms with van der Waals surface area (Å²) in [6.45, 7) is -0.236. The molecule has 96 valence electrons. The van der Waals surface area contributed by atoms with E-state index in [2.05, 4.69) is 15.0 Å². The Bertz CT molecular complexity index is 633. The number of carbonyl (C=O) groups is 1. The molecule has 0 aliphatic rings. The van der Waals surface area contributed by atoms with Gasteiger partial charge in [0.15, 0.2) is 17.3 Å². The molecule has 0 radical (unpaired) electrons. The second kappa shape index (κ2) is 4.55. The van der Waals surface area contributed by atoms with Crippen LogP contribution in [-0.2, 0) is 11.3 Å². The molecule has 9 nitrogen and oxygen atoms in total. The summed E-state index contributed by atoms with van der Waals surface area (Å²) >= 11 is 0. The van der Waals surface area contributed by atoms with Gasteiger partial charge >= 0.3 is 5.97 Å². The minimum absolute atomic E-state index is 0.0783. The zero-order valence-electron chi connectivity index (χ0n) is 9.02. The molecule has 0 aliphatic heterocycles. The minimum Gasteiger partial charge on any atom is -0.479 e. The maximum atomic E-state index is 11.3. The van der Waals surface area contributed by atoms with Gasteiger partial charge in [-0.3, -0.25) is 4.79 Å². The average Bonchev–Trinajstić information content (AvgIpc) is 2.73. The van der Waals surface area contributed by atoms with Crippen LogP contribution in [0.3, 0.4) is 0 Å². The van der Waals surface area contributed by atoms with Crippen LogP contribution in [-0.4, -0.2) is 53.0 Å². The molecule has 2 aromatic rings. The van der Waals surface area contributed by atoms with Crippen LogP contribution in [0.4, 0.5) is 0 Å². The number of fused-ring (bicyclic) bond motifs is 1. The fourth-order valence-corrected chi connectivity index (χ4v) is 1.49. The SMILES string of the molecule is O=C(O)[C@H](O)[C@H](O)Cn1cnc2c(=O)[nH]cnc21. The number of aliphatic hydroxyl groups excluding tert-OH is 2. The van der Waals surface area contributed by atoms with E-state index in [1.807, 2.05) is 0 Å². The van der Waals surface area contributed by atoms with Crippen LogP contribution in [0.25, 0.3) is 11.2 Å². The molecule has 9 heteroatoms. The number of hydrogen-bond acceptors (Lipinski definition) is 6. The number of aromatic amines is 1. The molecule has 0 saturated heterocycles. The maximum Gasteiger partial charge on any atom is 0.335 e. The van der Waals surface area contributed by atoms with E-state index < -0.39 is 23.7 Å². The van der Waals surface area contributed by atoms with Crippen molar-refractivity contribution in [2.75, 3.05) is 0 Å². The normalized spacial score (nSPS) is 14.6. The largest absolute Gasteiger partial charge is 0.479 e. The van der Waals surface area contributed by atoms with Gasteiger partial charge in [-0.2, -0.15) is 0 Å². The summed E-state index contributed by atoms with van der Waals surface area (Å²) in [7, 11) is 0. The Labute approximate surface area is 99.4 Å². The lowest BCUT2D eigenvalue weighted by atomic mass is 10.2. The van der Waals surface area contributed by atoms with E-state index >= 15 is 0 Å². The number of carboxylic acids is 1. The molecule has 2 aromatic heterocycles. The number of aliphatic hydroxyl groups is 2. The highest BCUT2D eigenvalue weighted by atomic mass is 16.4. The predicted molar refractivity (Wildman–Crippen MR) is 57.8 cm³/mol. The number of nitrogens with one attached hydrogen (secondary N) is 1. The van der Waals surface area contributed by atoms with E-state index in [0.29, 0.717) is 0 Å². The van der Waals surface area contributed by atoms with Crippen LogP contribution in [0, 0.1) is 0 Å². The molecule has 0 aromatic carbocycles. The number of aromatic nitrogens is 4. The number of rotatable bonds is 4. The third-order valence-corrected chi connectivity index (χ3v) is 2.41. The second-order valence-electron chi connectivity index (χ2n) is 3.65. The topological polar surface area (TPSA) is 141 Å². The first-order valence-electron chi connectivity index (χ1n) is 4.98. The molecule has 0 amide bonds. The second-order valence-corrected chi connectivity index (χ2v) is 3.65. The Kier molecular flexibility index (Phi) is 3.08. The third kappa shape index (κ3) is 2.08. The minimum atomic E-state index is -1.91. The van der Waals surface area contributed by atoms with Gasteiger partial charge in [0.1, 0.15) is 6.10 Å². The van der Waals surface area contributed by atoms with Gasteiger partial charge in [0.05, 0.1) is 19.2 Å². The first-order valence-corrected chi connectivity index (χ1v) is 4.98. The zero-order chi connectivity index (χ0) is 13.3. The molecule has 0 spiro atoms. The number of hydrogen-bond donors (Lipinski definition) is 4. The van der Waals surface area contributed by atoms with E-state index in [0.717, 1.165) is 0 Å². The third-order valence-electron chi connectivity index (χ3n) is 2.41. The molecule has 0 unspecified atom stereocenters. The van der Waals surface area contributed by atoms with Gasteiger partial charge in [0, 0.05) is 0 Å². The molecule has 0 aliphatic carbocycles. The van der Waals surface area contributed by atoms with Gasteiger partial charge < -0.3 is 24.9 Å². The molecule has 2 rings (SSSR count). The van der Waals surface area contributed by atoms with Gasteiger partial charge in [-0.1, -0.05) is 0 Å². The Morgan fingerprint density at radius 1 is 1.44 bits per heavy atom. The van der Waals surface area contributed by atoms with E-state index in [4.69, 9.17) is 10.2 Å². The van der Waals surface area contributed by atoms with Crippen molar-refractivity contribution in [3.8, 4) is 0 Å². The number of H-pyrrole nitrogens is 1. The van der Waals surface area contributed by atoms with Crippen molar-refractivity contribution < 1.29 is 20.1 Å². The summed E-state index contributed by atoms with van der Waals surface area (Å²) in [5, 5.41) is 27.2. The van der Waals surface area contributed by atoms with E-state index in [1.165, 1.54) is 17.2 Å². The van der Waals surface area contributed by atoms with Crippen LogP contribution in [0.15, 0.2) is 17.4 Å². The lowest BCUT2D eigenvalue weighted by molar-refractivity contribution is -0.153. The number of aliphatic carboxylic acids is 1. The first-order chi connectivity index (χ1) is 8.50. The molecular weight excluding hydrogens is 244 g/mol. The van der Waals surface area contributed by atoms with E-state index in [-0.39, 0.29) is 17.7 Å². The van der Waals surface area contributed by atoms with Crippen molar-refractivity contribution in [2.24, 2.45) is 0 Å². The van der Waals surface area contributed by atoms with E-state index in [1.54, 1.807) is 0 Å². The first kappa shape index (κ1) is 12.2. The number of carboxylic acid groups (broad SMARTS) is 1. The Morgan fingerprint density at radius 3 is 2.83 bits per heavy atom. The van der Waals surface area contributed by atoms with Crippen molar-refractivity contribution in [1.29, 1.82) is 0 Å². The van der Waals surface area contributed by atoms with Crippen LogP contribution in [0.2, 0.25) is 0 Å². The Balaban J connectivity index is 2.30. The van der Waals surface area contributed by atoms with Gasteiger partial charge in [-0.25, -0.2) is 14.8 Å². The summed E-state index contributed by atoms with van der Waals surface area (Å²) in [4.78, 5) is 31.8. The lowest BCUT2D eigenvalue weighted by Crippen LogP contribution is -2.36. The Morgan fingerprint density at radius 2 is 2.17 bits per heavy atom. The maximum absolute atomic E-state index is 11.3. The fourth-order valence-electron chi connectivity index (χ4n) is 1.49. The molecule has 4 N–H and O–H groups in total. The van der Waals surface area contributed by atoms with Crippen LogP contribution in [0.5, 0.6) is 0 Å². The summed E-state index contributed by atoms with van der Waals surface area (Å²) < 4.78 is 1.29. The summed E-state index contributed by atoms with van der Waals surface area (Å²) in [6, 6.07) is 0. The van der Waals surface area contributed by atoms with Gasteiger partial charge in [-0.15, -0.1) is 0 Å². The standard InChI is InChI=1S/C9H10N4O5/c14-4(6(15)9(17)18)1-13-3-12-5-7(13)10-2-11-8(5)16/h2-4,6,14-15H,1H2,(H,17,18)(H,10,11,16)/t4-,6-/m1/s1. The fraction of sp³-hybridized carbons (Fsp3) is 0.333. The van der Waals surface area contributed by atoms with Gasteiger partial charge in [0.2, 0.25) is 0 Å². The quantitative estimate of drug-likeness (QED) is 0.490. The van der Waals surface area contributed by atoms with Crippen molar-refractivity contribution in [3.05, 3.63) is 23.0 Å². The van der Waals surface area contributed by atoms with Crippen molar-refractivity contribution >= 4 is 17.1 Å². The smallest absolute Gasteiger partial charge is 0.335 e. The molecule has 18 heavy (non-hydrogen) atoms. The monoisotopic (exact) mass is 254 g/mol.